The average Bonchev–Trinajstić information content (AvgIpc) is 2.86. The number of nitrogens with one attached hydrogen (secondary N) is 1. The van der Waals surface area contributed by atoms with Gasteiger partial charge in [0.1, 0.15) is 16.0 Å². The van der Waals surface area contributed by atoms with Crippen LogP contribution in [0.4, 0.5) is 8.78 Å². The van der Waals surface area contributed by atoms with E-state index in [1.54, 1.807) is 0 Å². The van der Waals surface area contributed by atoms with E-state index in [4.69, 9.17) is 23.2 Å². The summed E-state index contributed by atoms with van der Waals surface area (Å²) >= 11 is 12.3. The Hall–Kier alpha value is -0.870. The molecule has 2 nitrogen and oxygen atoms in total. The molecular weight excluding hydrogens is 319 g/mol. The van der Waals surface area contributed by atoms with E-state index in [9.17, 15) is 13.6 Å². The molecule has 2 atom stereocenters. The molecule has 1 aliphatic carbocycles. The summed E-state index contributed by atoms with van der Waals surface area (Å²) in [6.45, 7) is 3.95. The summed E-state index contributed by atoms with van der Waals surface area (Å²) < 4.78 is 25.2. The lowest BCUT2D eigenvalue weighted by Gasteiger charge is -2.16. The number of rotatable bonds is 5. The van der Waals surface area contributed by atoms with Crippen molar-refractivity contribution in [2.75, 3.05) is 6.54 Å². The van der Waals surface area contributed by atoms with E-state index < -0.39 is 21.4 Å². The Labute approximate surface area is 132 Å². The topological polar surface area (TPSA) is 29.1 Å². The monoisotopic (exact) mass is 335 g/mol. The molecule has 116 valence electrons. The van der Waals surface area contributed by atoms with E-state index in [0.717, 1.165) is 6.07 Å². The molecule has 1 saturated carbocycles. The van der Waals surface area contributed by atoms with Crippen LogP contribution in [0.5, 0.6) is 0 Å². The van der Waals surface area contributed by atoms with Crippen LogP contribution in [0, 0.1) is 23.0 Å². The van der Waals surface area contributed by atoms with Gasteiger partial charge in [0.25, 0.3) is 0 Å². The lowest BCUT2D eigenvalue weighted by Crippen LogP contribution is -2.36. The summed E-state index contributed by atoms with van der Waals surface area (Å²) in [6.07, 6.45) is 0.821. The summed E-state index contributed by atoms with van der Waals surface area (Å²) in [7, 11) is 0. The third kappa shape index (κ3) is 2.64. The van der Waals surface area contributed by atoms with Crippen molar-refractivity contribution in [3.63, 3.8) is 0 Å². The van der Waals surface area contributed by atoms with Gasteiger partial charge in [0.05, 0.1) is 5.41 Å². The highest BCUT2D eigenvalue weighted by Gasteiger charge is 2.76. The van der Waals surface area contributed by atoms with Crippen molar-refractivity contribution >= 4 is 29.1 Å². The molecule has 2 unspecified atom stereocenters. The lowest BCUT2D eigenvalue weighted by atomic mass is 9.99. The standard InChI is InChI=1S/C15H17Cl2F2NO/c1-3-14(9(2)15(14,16)17)13(21)20-7-6-10-4-5-11(18)8-12(10)19/h4-5,8-9H,3,6-7H2,1-2H3,(H,20,21). The molecule has 1 fully saturated rings. The Bertz CT molecular complexity index is 565. The number of benzene rings is 1. The van der Waals surface area contributed by atoms with E-state index in [2.05, 4.69) is 5.32 Å². The SMILES string of the molecule is CCC1(C(=O)NCCc2ccc(F)cc2F)C(C)C1(Cl)Cl. The van der Waals surface area contributed by atoms with Gasteiger partial charge in [-0.2, -0.15) is 0 Å². The zero-order valence-corrected chi connectivity index (χ0v) is 13.4. The van der Waals surface area contributed by atoms with Crippen LogP contribution in [0.25, 0.3) is 0 Å². The predicted octanol–water partition coefficient (Wildman–Crippen LogP) is 3.84. The van der Waals surface area contributed by atoms with Gasteiger partial charge in [-0.15, -0.1) is 23.2 Å². The summed E-state index contributed by atoms with van der Waals surface area (Å²) in [5.74, 6) is -1.57. The Morgan fingerprint density at radius 1 is 1.38 bits per heavy atom. The first-order valence-corrected chi connectivity index (χ1v) is 7.63. The third-order valence-electron chi connectivity index (χ3n) is 4.45. The summed E-state index contributed by atoms with van der Waals surface area (Å²) in [5.41, 5.74) is -0.425. The summed E-state index contributed by atoms with van der Waals surface area (Å²) in [4.78, 5) is 12.3. The molecule has 21 heavy (non-hydrogen) atoms. The molecule has 0 spiro atoms. The second-order valence-electron chi connectivity index (χ2n) is 5.41. The fourth-order valence-corrected chi connectivity index (χ4v) is 3.91. The van der Waals surface area contributed by atoms with Gasteiger partial charge in [-0.1, -0.05) is 19.9 Å². The number of carbonyl (C=O) groups excluding carboxylic acids is 1. The van der Waals surface area contributed by atoms with E-state index in [1.165, 1.54) is 12.1 Å². The van der Waals surface area contributed by atoms with Crippen molar-refractivity contribution in [3.8, 4) is 0 Å². The Balaban J connectivity index is 1.94. The lowest BCUT2D eigenvalue weighted by molar-refractivity contribution is -0.127. The highest BCUT2D eigenvalue weighted by atomic mass is 35.5. The summed E-state index contributed by atoms with van der Waals surface area (Å²) in [5, 5.41) is 2.74. The van der Waals surface area contributed by atoms with Gasteiger partial charge in [-0.25, -0.2) is 8.78 Å². The molecule has 0 heterocycles. The van der Waals surface area contributed by atoms with Crippen LogP contribution in [0.2, 0.25) is 0 Å². The van der Waals surface area contributed by atoms with Crippen LogP contribution in [0.15, 0.2) is 18.2 Å². The maximum absolute atomic E-state index is 13.5. The van der Waals surface area contributed by atoms with Crippen LogP contribution >= 0.6 is 23.2 Å². The molecule has 6 heteroatoms. The molecule has 1 amide bonds. The first-order chi connectivity index (χ1) is 9.77. The normalized spacial score (nSPS) is 26.5. The van der Waals surface area contributed by atoms with Crippen molar-refractivity contribution in [2.45, 2.75) is 31.0 Å². The van der Waals surface area contributed by atoms with Crippen molar-refractivity contribution in [1.29, 1.82) is 0 Å². The molecular formula is C15H17Cl2F2NO. The molecule has 1 aromatic rings. The Morgan fingerprint density at radius 3 is 2.48 bits per heavy atom. The summed E-state index contributed by atoms with van der Waals surface area (Å²) in [6, 6.07) is 3.40. The first kappa shape index (κ1) is 16.5. The molecule has 0 saturated heterocycles. The van der Waals surface area contributed by atoms with Crippen LogP contribution < -0.4 is 5.32 Å². The average molecular weight is 336 g/mol. The minimum absolute atomic E-state index is 0.124. The first-order valence-electron chi connectivity index (χ1n) is 6.87. The molecule has 0 radical (unpaired) electrons. The molecule has 1 aliphatic rings. The van der Waals surface area contributed by atoms with Gasteiger partial charge in [0, 0.05) is 18.5 Å². The molecule has 0 aromatic heterocycles. The maximum atomic E-state index is 13.5. The molecule has 0 bridgehead atoms. The van der Waals surface area contributed by atoms with Crippen LogP contribution in [0.1, 0.15) is 25.8 Å². The quantitative estimate of drug-likeness (QED) is 0.813. The van der Waals surface area contributed by atoms with E-state index in [-0.39, 0.29) is 24.8 Å². The zero-order chi connectivity index (χ0) is 15.8. The number of amides is 1. The number of halogens is 4. The van der Waals surface area contributed by atoms with Crippen LogP contribution in [0.3, 0.4) is 0 Å². The van der Waals surface area contributed by atoms with Crippen molar-refractivity contribution in [2.24, 2.45) is 11.3 Å². The highest BCUT2D eigenvalue weighted by Crippen LogP contribution is 2.70. The second kappa shape index (κ2) is 5.73. The molecule has 0 aliphatic heterocycles. The van der Waals surface area contributed by atoms with Crippen LogP contribution in [-0.4, -0.2) is 16.8 Å². The van der Waals surface area contributed by atoms with Crippen molar-refractivity contribution < 1.29 is 13.6 Å². The number of alkyl halides is 2. The molecule has 1 N–H and O–H groups in total. The van der Waals surface area contributed by atoms with E-state index in [0.29, 0.717) is 12.0 Å². The number of hydrogen-bond acceptors (Lipinski definition) is 1. The predicted molar refractivity (Wildman–Crippen MR) is 79.4 cm³/mol. The Morgan fingerprint density at radius 2 is 2.00 bits per heavy atom. The second-order valence-corrected chi connectivity index (χ2v) is 6.80. The van der Waals surface area contributed by atoms with Crippen LogP contribution in [-0.2, 0) is 11.2 Å². The highest BCUT2D eigenvalue weighted by molar-refractivity contribution is 6.53. The fraction of sp³-hybridized carbons (Fsp3) is 0.533. The fourth-order valence-electron chi connectivity index (χ4n) is 2.88. The minimum atomic E-state index is -1.05. The smallest absolute Gasteiger partial charge is 0.229 e. The largest absolute Gasteiger partial charge is 0.355 e. The van der Waals surface area contributed by atoms with Crippen molar-refractivity contribution in [1.82, 2.24) is 5.32 Å². The van der Waals surface area contributed by atoms with E-state index >= 15 is 0 Å². The van der Waals surface area contributed by atoms with E-state index in [1.807, 2.05) is 13.8 Å². The number of carbonyl (C=O) groups is 1. The van der Waals surface area contributed by atoms with Gasteiger partial charge in [0.2, 0.25) is 5.91 Å². The van der Waals surface area contributed by atoms with Gasteiger partial charge < -0.3 is 5.32 Å². The molecule has 1 aromatic carbocycles. The maximum Gasteiger partial charge on any atom is 0.229 e. The third-order valence-corrected chi connectivity index (χ3v) is 5.78. The minimum Gasteiger partial charge on any atom is -0.355 e. The van der Waals surface area contributed by atoms with Crippen molar-refractivity contribution in [3.05, 3.63) is 35.4 Å². The van der Waals surface area contributed by atoms with Gasteiger partial charge in [-0.05, 0) is 24.5 Å². The Kier molecular flexibility index (Phi) is 4.50. The number of hydrogen-bond donors (Lipinski definition) is 1. The van der Waals surface area contributed by atoms with Gasteiger partial charge in [-0.3, -0.25) is 4.79 Å². The zero-order valence-electron chi connectivity index (χ0n) is 11.9. The van der Waals surface area contributed by atoms with Gasteiger partial charge in [0.15, 0.2) is 0 Å². The molecule has 2 rings (SSSR count). The van der Waals surface area contributed by atoms with Gasteiger partial charge >= 0.3 is 0 Å².